The molecule has 1 aliphatic heterocycles. The number of carbonyl (C=O) groups excluding carboxylic acids is 1. The molecule has 1 aromatic carbocycles. The van der Waals surface area contributed by atoms with Crippen molar-refractivity contribution < 1.29 is 18.1 Å². The molecule has 2 heterocycles. The minimum atomic E-state index is -0.856. The number of nitrogens with one attached hydrogen (secondary N) is 1. The molecule has 27 heavy (non-hydrogen) atoms. The molecule has 1 amide bonds. The van der Waals surface area contributed by atoms with Gasteiger partial charge in [-0.2, -0.15) is 0 Å². The third-order valence-corrected chi connectivity index (χ3v) is 5.80. The second-order valence-electron chi connectivity index (χ2n) is 7.84. The van der Waals surface area contributed by atoms with Gasteiger partial charge in [0.1, 0.15) is 5.76 Å². The van der Waals surface area contributed by atoms with Crippen LogP contribution >= 0.6 is 0 Å². The molecule has 1 aromatic heterocycles. The van der Waals surface area contributed by atoms with Crippen molar-refractivity contribution in [2.45, 2.75) is 56.1 Å². The van der Waals surface area contributed by atoms with Crippen LogP contribution in [0.3, 0.4) is 0 Å². The number of hydrogen-bond acceptors (Lipinski definition) is 4. The van der Waals surface area contributed by atoms with Crippen LogP contribution in [0.4, 0.5) is 8.78 Å². The first-order valence-corrected chi connectivity index (χ1v) is 9.58. The highest BCUT2D eigenvalue weighted by molar-refractivity contribution is 5.92. The molecular formula is C20H21F2N3O2. The summed E-state index contributed by atoms with van der Waals surface area (Å²) in [6, 6.07) is 5.86. The summed E-state index contributed by atoms with van der Waals surface area (Å²) in [6.07, 6.45) is 5.13. The Morgan fingerprint density at radius 2 is 1.93 bits per heavy atom. The van der Waals surface area contributed by atoms with Crippen molar-refractivity contribution in [3.8, 4) is 0 Å². The Bertz CT molecular complexity index is 876. The van der Waals surface area contributed by atoms with Crippen molar-refractivity contribution in [1.82, 2.24) is 15.4 Å². The minimum Gasteiger partial charge on any atom is -0.360 e. The summed E-state index contributed by atoms with van der Waals surface area (Å²) in [5, 5.41) is 6.94. The van der Waals surface area contributed by atoms with Gasteiger partial charge in [0.25, 0.3) is 5.91 Å². The molecule has 1 saturated heterocycles. The standard InChI is InChI=1S/C20H21F2N3O2/c21-14-6-3-12(9-15(14)22)19-16(7-8-25(19)13-4-5-13)23-20(26)17-10-18(27-24-17)11-1-2-11/h3,6,9-11,13,16,19H,1-2,4-5,7-8H2,(H,23,26). The van der Waals surface area contributed by atoms with Crippen LogP contribution in [0.1, 0.15) is 65.9 Å². The fourth-order valence-corrected chi connectivity index (χ4v) is 4.10. The van der Waals surface area contributed by atoms with Gasteiger partial charge in [0.15, 0.2) is 17.3 Å². The number of carbonyl (C=O) groups is 1. The van der Waals surface area contributed by atoms with Crippen LogP contribution in [-0.2, 0) is 0 Å². The summed E-state index contributed by atoms with van der Waals surface area (Å²) in [5.74, 6) is -0.827. The van der Waals surface area contributed by atoms with Crippen molar-refractivity contribution in [3.63, 3.8) is 0 Å². The van der Waals surface area contributed by atoms with Crippen molar-refractivity contribution in [2.75, 3.05) is 6.54 Å². The Kier molecular flexibility index (Phi) is 4.00. The largest absolute Gasteiger partial charge is 0.360 e. The van der Waals surface area contributed by atoms with E-state index in [4.69, 9.17) is 4.52 Å². The first-order chi connectivity index (χ1) is 13.1. The maximum Gasteiger partial charge on any atom is 0.273 e. The predicted octanol–water partition coefficient (Wildman–Crippen LogP) is 3.54. The molecule has 0 spiro atoms. The third kappa shape index (κ3) is 3.25. The van der Waals surface area contributed by atoms with Crippen LogP contribution < -0.4 is 5.32 Å². The summed E-state index contributed by atoms with van der Waals surface area (Å²) in [7, 11) is 0. The number of rotatable bonds is 5. The predicted molar refractivity (Wildman–Crippen MR) is 93.2 cm³/mol. The molecule has 2 atom stereocenters. The zero-order valence-corrected chi connectivity index (χ0v) is 14.8. The number of amides is 1. The van der Waals surface area contributed by atoms with Crippen LogP contribution in [0.2, 0.25) is 0 Å². The molecule has 1 N–H and O–H groups in total. The van der Waals surface area contributed by atoms with E-state index in [0.29, 0.717) is 17.5 Å². The van der Waals surface area contributed by atoms with E-state index < -0.39 is 11.6 Å². The lowest BCUT2D eigenvalue weighted by molar-refractivity contribution is 0.0914. The van der Waals surface area contributed by atoms with Gasteiger partial charge in [0, 0.05) is 24.6 Å². The van der Waals surface area contributed by atoms with Crippen LogP contribution in [0, 0.1) is 11.6 Å². The van der Waals surface area contributed by atoms with Crippen molar-refractivity contribution in [1.29, 1.82) is 0 Å². The van der Waals surface area contributed by atoms with Gasteiger partial charge in [0.2, 0.25) is 0 Å². The lowest BCUT2D eigenvalue weighted by Gasteiger charge is -2.29. The van der Waals surface area contributed by atoms with E-state index in [2.05, 4.69) is 15.4 Å². The van der Waals surface area contributed by atoms with Crippen LogP contribution in [-0.4, -0.2) is 34.6 Å². The SMILES string of the molecule is O=C(NC1CCN(C2CC2)C1c1ccc(F)c(F)c1)c1cc(C2CC2)on1. The quantitative estimate of drug-likeness (QED) is 0.871. The molecule has 2 unspecified atom stereocenters. The summed E-state index contributed by atoms with van der Waals surface area (Å²) in [5.41, 5.74) is 0.980. The lowest BCUT2D eigenvalue weighted by atomic mass is 9.99. The lowest BCUT2D eigenvalue weighted by Crippen LogP contribution is -2.40. The highest BCUT2D eigenvalue weighted by atomic mass is 19.2. The normalized spacial score (nSPS) is 25.7. The molecule has 0 bridgehead atoms. The van der Waals surface area contributed by atoms with E-state index in [-0.39, 0.29) is 23.7 Å². The Hall–Kier alpha value is -2.28. The highest BCUT2D eigenvalue weighted by Crippen LogP contribution is 2.42. The molecule has 5 nitrogen and oxygen atoms in total. The van der Waals surface area contributed by atoms with Gasteiger partial charge >= 0.3 is 0 Å². The van der Waals surface area contributed by atoms with E-state index in [1.807, 2.05) is 0 Å². The van der Waals surface area contributed by atoms with E-state index in [0.717, 1.165) is 50.5 Å². The zero-order valence-electron chi connectivity index (χ0n) is 14.8. The van der Waals surface area contributed by atoms with E-state index in [1.165, 1.54) is 6.07 Å². The summed E-state index contributed by atoms with van der Waals surface area (Å²) in [6.45, 7) is 0.825. The molecule has 0 radical (unpaired) electrons. The Labute approximate surface area is 155 Å². The van der Waals surface area contributed by atoms with Crippen LogP contribution in [0.25, 0.3) is 0 Å². The van der Waals surface area contributed by atoms with E-state index in [9.17, 15) is 13.6 Å². The Morgan fingerprint density at radius 3 is 2.63 bits per heavy atom. The number of hydrogen-bond donors (Lipinski definition) is 1. The molecule has 2 saturated carbocycles. The highest BCUT2D eigenvalue weighted by Gasteiger charge is 2.43. The van der Waals surface area contributed by atoms with Gasteiger partial charge in [-0.15, -0.1) is 0 Å². The van der Waals surface area contributed by atoms with Crippen LogP contribution in [0.5, 0.6) is 0 Å². The molecule has 3 fully saturated rings. The first kappa shape index (κ1) is 16.9. The average Bonchev–Trinajstić information content (AvgIpc) is 3.59. The monoisotopic (exact) mass is 373 g/mol. The van der Waals surface area contributed by atoms with Gasteiger partial charge in [-0.25, -0.2) is 8.78 Å². The van der Waals surface area contributed by atoms with Crippen molar-refractivity contribution in [3.05, 3.63) is 52.9 Å². The maximum atomic E-state index is 13.8. The van der Waals surface area contributed by atoms with Crippen molar-refractivity contribution in [2.24, 2.45) is 0 Å². The van der Waals surface area contributed by atoms with Crippen molar-refractivity contribution >= 4 is 5.91 Å². The first-order valence-electron chi connectivity index (χ1n) is 9.58. The van der Waals surface area contributed by atoms with Gasteiger partial charge in [0.05, 0.1) is 12.1 Å². The molecular weight excluding hydrogens is 352 g/mol. The third-order valence-electron chi connectivity index (χ3n) is 5.80. The minimum absolute atomic E-state index is 0.161. The number of likely N-dealkylation sites (tertiary alicyclic amines) is 1. The Balaban J connectivity index is 1.37. The molecule has 142 valence electrons. The van der Waals surface area contributed by atoms with Gasteiger partial charge in [-0.1, -0.05) is 11.2 Å². The average molecular weight is 373 g/mol. The molecule has 7 heteroatoms. The second kappa shape index (κ2) is 6.41. The topological polar surface area (TPSA) is 58.4 Å². The summed E-state index contributed by atoms with van der Waals surface area (Å²) >= 11 is 0. The van der Waals surface area contributed by atoms with Gasteiger partial charge in [-0.3, -0.25) is 9.69 Å². The number of nitrogens with zero attached hydrogens (tertiary/aromatic N) is 2. The summed E-state index contributed by atoms with van der Waals surface area (Å²) in [4.78, 5) is 15.0. The van der Waals surface area contributed by atoms with E-state index in [1.54, 1.807) is 12.1 Å². The zero-order chi connectivity index (χ0) is 18.5. The molecule has 2 aliphatic carbocycles. The number of benzene rings is 1. The van der Waals surface area contributed by atoms with E-state index >= 15 is 0 Å². The van der Waals surface area contributed by atoms with Crippen LogP contribution in [0.15, 0.2) is 28.8 Å². The Morgan fingerprint density at radius 1 is 1.11 bits per heavy atom. The maximum absolute atomic E-state index is 13.8. The summed E-state index contributed by atoms with van der Waals surface area (Å²) < 4.78 is 32.5. The van der Waals surface area contributed by atoms with Gasteiger partial charge in [-0.05, 0) is 49.8 Å². The fourth-order valence-electron chi connectivity index (χ4n) is 4.10. The number of halogens is 2. The van der Waals surface area contributed by atoms with Gasteiger partial charge < -0.3 is 9.84 Å². The molecule has 2 aromatic rings. The molecule has 3 aliphatic rings. The number of aromatic nitrogens is 1. The smallest absolute Gasteiger partial charge is 0.273 e. The fraction of sp³-hybridized carbons (Fsp3) is 0.500. The second-order valence-corrected chi connectivity index (χ2v) is 7.84. The molecule has 5 rings (SSSR count).